The summed E-state index contributed by atoms with van der Waals surface area (Å²) in [4.78, 5) is 17.7. The molecule has 0 bridgehead atoms. The zero-order valence-electron chi connectivity index (χ0n) is 13.0. The van der Waals surface area contributed by atoms with Gasteiger partial charge < -0.3 is 9.72 Å². The Kier molecular flexibility index (Phi) is 5.65. The summed E-state index contributed by atoms with van der Waals surface area (Å²) in [5, 5.41) is 0. The second-order valence-electron chi connectivity index (χ2n) is 4.81. The largest absolute Gasteiger partial charge is 0.516 e. The molecule has 0 atom stereocenters. The van der Waals surface area contributed by atoms with Crippen molar-refractivity contribution >= 4 is 33.7 Å². The highest BCUT2D eigenvalue weighted by atomic mass is 32.2. The van der Waals surface area contributed by atoms with Crippen molar-refractivity contribution in [3.05, 3.63) is 53.2 Å². The van der Waals surface area contributed by atoms with E-state index in [-0.39, 0.29) is 11.3 Å². The number of hydrogen-bond acceptors (Lipinski definition) is 6. The average Bonchev–Trinajstić information content (AvgIpc) is 2.57. The fourth-order valence-electron chi connectivity index (χ4n) is 1.72. The average molecular weight is 423 g/mol. The molecule has 0 spiro atoms. The number of carbonyl (C=O) groups is 1. The summed E-state index contributed by atoms with van der Waals surface area (Å²) in [7, 11) is -5.92. The smallest absolute Gasteiger partial charge is 0.437 e. The molecule has 0 fully saturated rings. The van der Waals surface area contributed by atoms with Crippen LogP contribution in [0.1, 0.15) is 5.56 Å². The van der Waals surface area contributed by atoms with Gasteiger partial charge in [-0.2, -0.15) is 26.0 Å². The molecule has 2 rings (SSSR count). The SMILES string of the molecule is C=C(C(=O)NS(=O)(=O)C(F)(F)F)c1ccccc1Oc1[nH]cnc(=S)c1F. The summed E-state index contributed by atoms with van der Waals surface area (Å²) in [6, 6.07) is 5.27. The van der Waals surface area contributed by atoms with Crippen LogP contribution in [-0.4, -0.2) is 29.8 Å². The van der Waals surface area contributed by atoms with Gasteiger partial charge in [-0.3, -0.25) is 4.79 Å². The first-order valence-electron chi connectivity index (χ1n) is 6.77. The molecule has 0 aliphatic heterocycles. The van der Waals surface area contributed by atoms with Crippen LogP contribution < -0.4 is 9.46 Å². The minimum atomic E-state index is -5.92. The molecule has 0 unspecified atom stereocenters. The fraction of sp³-hybridized carbons (Fsp3) is 0.0714. The van der Waals surface area contributed by atoms with E-state index in [9.17, 15) is 30.8 Å². The Balaban J connectivity index is 2.35. The molecule has 2 aromatic rings. The third-order valence-electron chi connectivity index (χ3n) is 2.99. The van der Waals surface area contributed by atoms with Crippen LogP contribution in [0.5, 0.6) is 11.6 Å². The molecule has 1 amide bonds. The second kappa shape index (κ2) is 7.44. The summed E-state index contributed by atoms with van der Waals surface area (Å²) in [6.45, 7) is 3.27. The monoisotopic (exact) mass is 423 g/mol. The van der Waals surface area contributed by atoms with E-state index in [1.165, 1.54) is 24.3 Å². The first-order chi connectivity index (χ1) is 12.4. The number of benzene rings is 1. The molecular weight excluding hydrogens is 414 g/mol. The van der Waals surface area contributed by atoms with Crippen molar-refractivity contribution in [1.29, 1.82) is 0 Å². The van der Waals surface area contributed by atoms with Gasteiger partial charge in [0.1, 0.15) is 5.75 Å². The Morgan fingerprint density at radius 2 is 1.93 bits per heavy atom. The predicted molar refractivity (Wildman–Crippen MR) is 88.0 cm³/mol. The lowest BCUT2D eigenvalue weighted by Gasteiger charge is -2.14. The molecule has 1 aromatic heterocycles. The van der Waals surface area contributed by atoms with E-state index in [2.05, 4.69) is 28.8 Å². The standard InChI is InChI=1S/C14H9F4N3O4S2/c1-7(11(22)21-27(23,24)14(16,17)18)8-4-2-3-5-9(8)25-12-10(15)13(26)20-6-19-12/h2-6H,1H2,(H,21,22)(H,19,20,26). The van der Waals surface area contributed by atoms with Crippen LogP contribution in [0.25, 0.3) is 5.57 Å². The number of aromatic nitrogens is 2. The van der Waals surface area contributed by atoms with Gasteiger partial charge >= 0.3 is 15.5 Å². The van der Waals surface area contributed by atoms with Crippen LogP contribution in [0.4, 0.5) is 17.6 Å². The van der Waals surface area contributed by atoms with Gasteiger partial charge in [0, 0.05) is 11.1 Å². The molecule has 2 N–H and O–H groups in total. The first-order valence-corrected chi connectivity index (χ1v) is 8.66. The zero-order chi connectivity index (χ0) is 20.4. The number of ether oxygens (including phenoxy) is 1. The summed E-state index contributed by atoms with van der Waals surface area (Å²) in [5.74, 6) is -3.32. The molecule has 0 radical (unpaired) electrons. The minimum Gasteiger partial charge on any atom is -0.437 e. The number of nitrogens with zero attached hydrogens (tertiary/aromatic N) is 1. The number of nitrogens with one attached hydrogen (secondary N) is 2. The molecule has 0 saturated carbocycles. The number of carbonyl (C=O) groups excluding carboxylic acids is 1. The number of amides is 1. The lowest BCUT2D eigenvalue weighted by Crippen LogP contribution is -2.40. The maximum atomic E-state index is 13.9. The summed E-state index contributed by atoms with van der Waals surface area (Å²) >= 11 is 4.64. The molecule has 27 heavy (non-hydrogen) atoms. The number of H-pyrrole nitrogens is 1. The minimum absolute atomic E-state index is 0.178. The number of aromatic amines is 1. The van der Waals surface area contributed by atoms with E-state index in [0.717, 1.165) is 11.0 Å². The van der Waals surface area contributed by atoms with Crippen molar-refractivity contribution in [2.75, 3.05) is 0 Å². The first kappa shape index (κ1) is 20.5. The van der Waals surface area contributed by atoms with Gasteiger partial charge in [-0.05, 0) is 6.07 Å². The topological polar surface area (TPSA) is 101 Å². The molecule has 7 nitrogen and oxygen atoms in total. The van der Waals surface area contributed by atoms with E-state index < -0.39 is 43.3 Å². The van der Waals surface area contributed by atoms with Crippen LogP contribution >= 0.6 is 12.2 Å². The van der Waals surface area contributed by atoms with Crippen molar-refractivity contribution in [1.82, 2.24) is 14.7 Å². The highest BCUT2D eigenvalue weighted by Gasteiger charge is 2.47. The van der Waals surface area contributed by atoms with Crippen molar-refractivity contribution < 1.29 is 35.5 Å². The van der Waals surface area contributed by atoms with Gasteiger partial charge in [0.25, 0.3) is 5.91 Å². The highest BCUT2D eigenvalue weighted by Crippen LogP contribution is 2.30. The Labute approximate surface area is 154 Å². The fourth-order valence-corrected chi connectivity index (χ4v) is 2.35. The number of para-hydroxylation sites is 1. The predicted octanol–water partition coefficient (Wildman–Crippen LogP) is 3.05. The molecular formula is C14H9F4N3O4S2. The van der Waals surface area contributed by atoms with Gasteiger partial charge in [0.15, 0.2) is 4.64 Å². The molecule has 1 aromatic carbocycles. The van der Waals surface area contributed by atoms with Crippen molar-refractivity contribution in [2.24, 2.45) is 0 Å². The third-order valence-corrected chi connectivity index (χ3v) is 4.34. The van der Waals surface area contributed by atoms with E-state index in [0.29, 0.717) is 0 Å². The molecule has 13 heteroatoms. The molecule has 0 saturated heterocycles. The Morgan fingerprint density at radius 1 is 1.30 bits per heavy atom. The number of halogens is 4. The van der Waals surface area contributed by atoms with E-state index in [4.69, 9.17) is 4.74 Å². The molecule has 144 valence electrons. The van der Waals surface area contributed by atoms with Gasteiger partial charge in [-0.15, -0.1) is 0 Å². The second-order valence-corrected chi connectivity index (χ2v) is 6.87. The number of sulfonamides is 1. The normalized spacial score (nSPS) is 11.7. The van der Waals surface area contributed by atoms with Gasteiger partial charge in [-0.1, -0.05) is 37.0 Å². The number of rotatable bonds is 5. The van der Waals surface area contributed by atoms with E-state index in [1.807, 2.05) is 0 Å². The van der Waals surface area contributed by atoms with Crippen LogP contribution in [0.3, 0.4) is 0 Å². The van der Waals surface area contributed by atoms with Crippen LogP contribution in [-0.2, 0) is 14.8 Å². The zero-order valence-corrected chi connectivity index (χ0v) is 14.6. The Morgan fingerprint density at radius 3 is 2.56 bits per heavy atom. The van der Waals surface area contributed by atoms with Crippen molar-refractivity contribution in [3.8, 4) is 11.6 Å². The molecule has 1 heterocycles. The van der Waals surface area contributed by atoms with Gasteiger partial charge in [0.2, 0.25) is 11.7 Å². The highest BCUT2D eigenvalue weighted by molar-refractivity contribution is 7.90. The van der Waals surface area contributed by atoms with E-state index >= 15 is 0 Å². The van der Waals surface area contributed by atoms with Gasteiger partial charge in [-0.25, -0.2) is 9.71 Å². The third kappa shape index (κ3) is 4.49. The molecule has 0 aliphatic rings. The lowest BCUT2D eigenvalue weighted by atomic mass is 10.1. The van der Waals surface area contributed by atoms with Crippen molar-refractivity contribution in [2.45, 2.75) is 5.51 Å². The summed E-state index contributed by atoms with van der Waals surface area (Å²) in [5.41, 5.74) is -6.53. The number of alkyl halides is 3. The Bertz CT molecular complexity index is 1060. The lowest BCUT2D eigenvalue weighted by molar-refractivity contribution is -0.114. The van der Waals surface area contributed by atoms with Crippen LogP contribution in [0, 0.1) is 10.5 Å². The van der Waals surface area contributed by atoms with Gasteiger partial charge in [0.05, 0.1) is 6.33 Å². The van der Waals surface area contributed by atoms with Crippen LogP contribution in [0.15, 0.2) is 37.2 Å². The number of hydrogen-bond donors (Lipinski definition) is 2. The van der Waals surface area contributed by atoms with E-state index in [1.54, 1.807) is 0 Å². The summed E-state index contributed by atoms with van der Waals surface area (Å²) in [6.07, 6.45) is 1.04. The quantitative estimate of drug-likeness (QED) is 0.436. The molecule has 0 aliphatic carbocycles. The van der Waals surface area contributed by atoms with Crippen molar-refractivity contribution in [3.63, 3.8) is 0 Å². The van der Waals surface area contributed by atoms with Crippen LogP contribution in [0.2, 0.25) is 0 Å². The summed E-state index contributed by atoms with van der Waals surface area (Å²) < 4.78 is 78.9. The Hall–Kier alpha value is -2.80. The maximum absolute atomic E-state index is 13.9. The maximum Gasteiger partial charge on any atom is 0.516 e.